The van der Waals surface area contributed by atoms with Crippen molar-refractivity contribution in [1.82, 2.24) is 0 Å². The number of unbranched alkanes of at least 4 members (excludes halogenated alkanes) is 1. The van der Waals surface area contributed by atoms with Gasteiger partial charge < -0.3 is 0 Å². The van der Waals surface area contributed by atoms with Crippen LogP contribution in [0.5, 0.6) is 0 Å². The van der Waals surface area contributed by atoms with Crippen LogP contribution >= 0.6 is 0 Å². The maximum atomic E-state index is 11.9. The minimum absolute atomic E-state index is 0.369. The highest BCUT2D eigenvalue weighted by Crippen LogP contribution is 2.00. The molecule has 0 heterocycles. The van der Waals surface area contributed by atoms with Gasteiger partial charge in [0.2, 0.25) is 0 Å². The van der Waals surface area contributed by atoms with Crippen molar-refractivity contribution < 1.29 is 9.18 Å². The molecular weight excluding hydrogens is 107 g/mol. The second kappa shape index (κ2) is 4.75. The van der Waals surface area contributed by atoms with Crippen LogP contribution in [0.4, 0.5) is 4.39 Å². The SMILES string of the molecule is CC(F)CCC[C]=O. The Hall–Kier alpha value is -0.400. The van der Waals surface area contributed by atoms with Gasteiger partial charge in [-0.1, -0.05) is 0 Å². The van der Waals surface area contributed by atoms with Gasteiger partial charge in [-0.15, -0.1) is 0 Å². The Morgan fingerprint density at radius 1 is 1.75 bits per heavy atom. The van der Waals surface area contributed by atoms with Crippen molar-refractivity contribution in [3.8, 4) is 0 Å². The van der Waals surface area contributed by atoms with Crippen LogP contribution in [-0.4, -0.2) is 12.5 Å². The van der Waals surface area contributed by atoms with Gasteiger partial charge in [0.25, 0.3) is 0 Å². The second-order valence-electron chi connectivity index (χ2n) is 1.82. The average molecular weight is 117 g/mol. The quantitative estimate of drug-likeness (QED) is 0.511. The lowest BCUT2D eigenvalue weighted by Crippen LogP contribution is -1.91. The fourth-order valence-electron chi connectivity index (χ4n) is 0.456. The van der Waals surface area contributed by atoms with Crippen LogP contribution in [0.2, 0.25) is 0 Å². The summed E-state index contributed by atoms with van der Waals surface area (Å²) in [6.07, 6.45) is 2.41. The Bertz CT molecular complexity index is 61.5. The van der Waals surface area contributed by atoms with Gasteiger partial charge in [0.15, 0.2) is 6.29 Å². The van der Waals surface area contributed by atoms with E-state index in [0.717, 1.165) is 0 Å². The molecule has 1 atom stereocenters. The highest BCUT2D eigenvalue weighted by atomic mass is 19.1. The second-order valence-corrected chi connectivity index (χ2v) is 1.82. The van der Waals surface area contributed by atoms with Gasteiger partial charge in [0, 0.05) is 6.42 Å². The zero-order chi connectivity index (χ0) is 6.41. The third-order valence-corrected chi connectivity index (χ3v) is 0.881. The summed E-state index contributed by atoms with van der Waals surface area (Å²) in [7, 11) is 0. The number of hydrogen-bond donors (Lipinski definition) is 0. The molecule has 0 aliphatic carbocycles. The standard InChI is InChI=1S/C6H10FO/c1-6(7)4-2-3-5-8/h6H,2-4H2,1H3. The molecule has 2 heteroatoms. The molecule has 0 aromatic carbocycles. The molecule has 0 aromatic rings. The van der Waals surface area contributed by atoms with Crippen molar-refractivity contribution in [2.45, 2.75) is 32.4 Å². The smallest absolute Gasteiger partial charge is 0.198 e. The predicted octanol–water partition coefficient (Wildman–Crippen LogP) is 1.62. The van der Waals surface area contributed by atoms with Crippen molar-refractivity contribution in [1.29, 1.82) is 0 Å². The summed E-state index contributed by atoms with van der Waals surface area (Å²) < 4.78 is 11.9. The Kier molecular flexibility index (Phi) is 4.51. The zero-order valence-electron chi connectivity index (χ0n) is 4.98. The first-order valence-electron chi connectivity index (χ1n) is 2.76. The van der Waals surface area contributed by atoms with Gasteiger partial charge in [-0.25, -0.2) is 4.39 Å². The average Bonchev–Trinajstić information content (AvgIpc) is 1.66. The fourth-order valence-corrected chi connectivity index (χ4v) is 0.456. The van der Waals surface area contributed by atoms with Crippen LogP contribution in [-0.2, 0) is 4.79 Å². The van der Waals surface area contributed by atoms with Gasteiger partial charge in [-0.2, -0.15) is 0 Å². The largest absolute Gasteiger partial charge is 0.291 e. The fraction of sp³-hybridized carbons (Fsp3) is 0.833. The number of alkyl halides is 1. The van der Waals surface area contributed by atoms with Gasteiger partial charge in [-0.05, 0) is 19.8 Å². The van der Waals surface area contributed by atoms with E-state index in [1.807, 2.05) is 0 Å². The van der Waals surface area contributed by atoms with Crippen LogP contribution < -0.4 is 0 Å². The maximum absolute atomic E-state index is 11.9. The van der Waals surface area contributed by atoms with E-state index < -0.39 is 6.17 Å². The number of carbonyl (C=O) groups excluding carboxylic acids is 1. The summed E-state index contributed by atoms with van der Waals surface area (Å²) in [4.78, 5) is 9.54. The molecule has 0 amide bonds. The van der Waals surface area contributed by atoms with Crippen molar-refractivity contribution in [3.05, 3.63) is 0 Å². The molecule has 0 aliphatic heterocycles. The van der Waals surface area contributed by atoms with Crippen molar-refractivity contribution in [2.24, 2.45) is 0 Å². The summed E-state index contributed by atoms with van der Waals surface area (Å²) in [5, 5.41) is 0. The summed E-state index contributed by atoms with van der Waals surface area (Å²) in [5.41, 5.74) is 0. The first-order chi connectivity index (χ1) is 3.77. The van der Waals surface area contributed by atoms with E-state index in [1.165, 1.54) is 6.92 Å². The highest BCUT2D eigenvalue weighted by Gasteiger charge is 1.95. The summed E-state index contributed by atoms with van der Waals surface area (Å²) >= 11 is 0. The van der Waals surface area contributed by atoms with Gasteiger partial charge in [-0.3, -0.25) is 4.79 Å². The van der Waals surface area contributed by atoms with Crippen molar-refractivity contribution in [2.75, 3.05) is 0 Å². The lowest BCUT2D eigenvalue weighted by molar-refractivity contribution is 0.335. The topological polar surface area (TPSA) is 17.1 Å². The molecule has 0 bridgehead atoms. The van der Waals surface area contributed by atoms with Crippen molar-refractivity contribution >= 4 is 6.29 Å². The van der Waals surface area contributed by atoms with E-state index in [4.69, 9.17) is 0 Å². The third kappa shape index (κ3) is 5.60. The van der Waals surface area contributed by atoms with Gasteiger partial charge in [0.05, 0.1) is 6.17 Å². The lowest BCUT2D eigenvalue weighted by atomic mass is 10.2. The first kappa shape index (κ1) is 7.60. The first-order valence-corrected chi connectivity index (χ1v) is 2.76. The van der Waals surface area contributed by atoms with E-state index in [9.17, 15) is 9.18 Å². The van der Waals surface area contributed by atoms with E-state index in [1.54, 1.807) is 6.29 Å². The Balaban J connectivity index is 2.81. The van der Waals surface area contributed by atoms with Gasteiger partial charge in [0.1, 0.15) is 0 Å². The van der Waals surface area contributed by atoms with Crippen LogP contribution in [0.15, 0.2) is 0 Å². The normalized spacial score (nSPS) is 13.2. The molecule has 47 valence electrons. The Morgan fingerprint density at radius 2 is 2.38 bits per heavy atom. The molecule has 0 fully saturated rings. The third-order valence-electron chi connectivity index (χ3n) is 0.881. The number of hydrogen-bond acceptors (Lipinski definition) is 1. The van der Waals surface area contributed by atoms with Crippen LogP contribution in [0, 0.1) is 0 Å². The van der Waals surface area contributed by atoms with E-state index in [0.29, 0.717) is 19.3 Å². The molecule has 1 unspecified atom stereocenters. The minimum atomic E-state index is -0.775. The van der Waals surface area contributed by atoms with Crippen molar-refractivity contribution in [3.63, 3.8) is 0 Å². The van der Waals surface area contributed by atoms with E-state index in [-0.39, 0.29) is 0 Å². The Labute approximate surface area is 48.9 Å². The van der Waals surface area contributed by atoms with Crippen LogP contribution in [0.25, 0.3) is 0 Å². The molecule has 0 rings (SSSR count). The van der Waals surface area contributed by atoms with Gasteiger partial charge >= 0.3 is 0 Å². The molecule has 0 saturated heterocycles. The lowest BCUT2D eigenvalue weighted by Gasteiger charge is -1.94. The molecule has 1 radical (unpaired) electrons. The highest BCUT2D eigenvalue weighted by molar-refractivity contribution is 5.50. The van der Waals surface area contributed by atoms with E-state index >= 15 is 0 Å². The summed E-state index contributed by atoms with van der Waals surface area (Å²) in [6, 6.07) is 0. The van der Waals surface area contributed by atoms with Crippen LogP contribution in [0.1, 0.15) is 26.2 Å². The van der Waals surface area contributed by atoms with Crippen LogP contribution in [0.3, 0.4) is 0 Å². The summed E-state index contributed by atoms with van der Waals surface area (Å²) in [5.74, 6) is 0. The monoisotopic (exact) mass is 117 g/mol. The summed E-state index contributed by atoms with van der Waals surface area (Å²) in [6.45, 7) is 1.49. The Morgan fingerprint density at radius 3 is 2.75 bits per heavy atom. The number of halogens is 1. The molecule has 0 spiro atoms. The minimum Gasteiger partial charge on any atom is -0.291 e. The molecular formula is C6H10FO. The molecule has 0 aromatic heterocycles. The number of rotatable bonds is 4. The zero-order valence-corrected chi connectivity index (χ0v) is 4.98. The molecule has 1 nitrogen and oxygen atoms in total. The molecule has 0 saturated carbocycles. The molecule has 0 N–H and O–H groups in total. The molecule has 8 heavy (non-hydrogen) atoms. The van der Waals surface area contributed by atoms with E-state index in [2.05, 4.69) is 0 Å². The maximum Gasteiger partial charge on any atom is 0.198 e. The predicted molar refractivity (Wildman–Crippen MR) is 30.1 cm³/mol. The molecule has 0 aliphatic rings.